The van der Waals surface area contributed by atoms with Crippen molar-refractivity contribution in [2.45, 2.75) is 38.5 Å². The summed E-state index contributed by atoms with van der Waals surface area (Å²) in [7, 11) is 0. The average Bonchev–Trinajstić information content (AvgIpc) is 3.29. The van der Waals surface area contributed by atoms with Crippen LogP contribution in [0, 0.1) is 0 Å². The fourth-order valence-corrected chi connectivity index (χ4v) is 6.49. The van der Waals surface area contributed by atoms with Gasteiger partial charge in [-0.15, -0.1) is 0 Å². The van der Waals surface area contributed by atoms with Gasteiger partial charge in [-0.1, -0.05) is 58.0 Å². The molecule has 0 N–H and O–H groups in total. The van der Waals surface area contributed by atoms with Crippen LogP contribution in [0.3, 0.4) is 0 Å². The Labute approximate surface area is 162 Å². The van der Waals surface area contributed by atoms with E-state index in [1.165, 1.54) is 67.0 Å². The Hall–Kier alpha value is -2.52. The fraction of sp³-hybridized carbons (Fsp3) is 0.250. The van der Waals surface area contributed by atoms with E-state index in [0.29, 0.717) is 0 Å². The Morgan fingerprint density at radius 1 is 0.667 bits per heavy atom. The molecule has 0 bridgehead atoms. The normalized spacial score (nSPS) is 18.2. The van der Waals surface area contributed by atoms with E-state index in [0.717, 1.165) is 11.4 Å². The molecule has 3 aliphatic carbocycles. The van der Waals surface area contributed by atoms with E-state index in [1.807, 2.05) is 0 Å². The maximum atomic E-state index is 4.67. The first kappa shape index (κ1) is 14.5. The molecule has 7 rings (SSSR count). The van der Waals surface area contributed by atoms with Crippen molar-refractivity contribution in [2.24, 2.45) is 0 Å². The van der Waals surface area contributed by atoms with Gasteiger partial charge in [-0.2, -0.15) is 8.75 Å². The third-order valence-electron chi connectivity index (χ3n) is 7.29. The highest BCUT2D eigenvalue weighted by Gasteiger charge is 2.46. The summed E-state index contributed by atoms with van der Waals surface area (Å²) in [5, 5.41) is 2.82. The van der Waals surface area contributed by atoms with Gasteiger partial charge in [0.05, 0.1) is 11.7 Å². The highest BCUT2D eigenvalue weighted by molar-refractivity contribution is 6.99. The van der Waals surface area contributed by atoms with Gasteiger partial charge in [-0.25, -0.2) is 0 Å². The Morgan fingerprint density at radius 3 is 2.07 bits per heavy atom. The molecule has 3 aromatic carbocycles. The zero-order chi connectivity index (χ0) is 18.3. The Balaban J connectivity index is 1.83. The van der Waals surface area contributed by atoms with Gasteiger partial charge < -0.3 is 0 Å². The van der Waals surface area contributed by atoms with Crippen molar-refractivity contribution in [3.63, 3.8) is 0 Å². The van der Waals surface area contributed by atoms with E-state index in [1.54, 1.807) is 0 Å². The molecule has 0 fully saturated rings. The van der Waals surface area contributed by atoms with Crippen LogP contribution in [0.2, 0.25) is 0 Å². The lowest BCUT2D eigenvalue weighted by Gasteiger charge is -2.35. The van der Waals surface area contributed by atoms with Crippen LogP contribution in [-0.4, -0.2) is 8.75 Å². The molecule has 0 unspecified atom stereocenters. The van der Waals surface area contributed by atoms with E-state index < -0.39 is 0 Å². The largest absolute Gasteiger partial charge is 0.172 e. The standard InChI is InChI=1S/C24H18N2S/c1-23(2)13-6-5-7-14-18(13)20-16(24(14,3)4)10-12-17-11(8-9-15(23)19(17)20)21-22(12)26-27-25-21/h5-10H,1-4H3. The van der Waals surface area contributed by atoms with Crippen LogP contribution in [-0.2, 0) is 10.8 Å². The van der Waals surface area contributed by atoms with Gasteiger partial charge >= 0.3 is 0 Å². The van der Waals surface area contributed by atoms with Gasteiger partial charge in [0.2, 0.25) is 0 Å². The van der Waals surface area contributed by atoms with Crippen LogP contribution in [0.25, 0.3) is 44.4 Å². The highest BCUT2D eigenvalue weighted by atomic mass is 32.1. The van der Waals surface area contributed by atoms with Gasteiger partial charge in [0.25, 0.3) is 0 Å². The summed E-state index contributed by atoms with van der Waals surface area (Å²) in [6.45, 7) is 9.50. The number of benzene rings is 3. The van der Waals surface area contributed by atoms with Gasteiger partial charge in [-0.05, 0) is 44.8 Å². The maximum absolute atomic E-state index is 4.67. The van der Waals surface area contributed by atoms with Crippen LogP contribution in [0.4, 0.5) is 0 Å². The number of aromatic nitrogens is 2. The van der Waals surface area contributed by atoms with Crippen molar-refractivity contribution in [1.29, 1.82) is 0 Å². The molecule has 2 nitrogen and oxygen atoms in total. The van der Waals surface area contributed by atoms with Crippen LogP contribution >= 0.6 is 11.7 Å². The SMILES string of the molecule is CC1(C)c2cccc3c2-c2c1cc1c4c(ccc(c24)C3(C)C)-c2nsnc2-1. The Kier molecular flexibility index (Phi) is 2.15. The first-order chi connectivity index (χ1) is 12.9. The molecule has 130 valence electrons. The minimum absolute atomic E-state index is 0.00522. The van der Waals surface area contributed by atoms with E-state index in [9.17, 15) is 0 Å². The number of fused-ring (bicyclic) bond motifs is 3. The molecule has 0 amide bonds. The lowest BCUT2D eigenvalue weighted by molar-refractivity contribution is 0.639. The molecule has 0 aliphatic heterocycles. The minimum atomic E-state index is -0.0107. The second kappa shape index (κ2) is 4.00. The summed E-state index contributed by atoms with van der Waals surface area (Å²) in [6.07, 6.45) is 0. The molecule has 4 aromatic rings. The number of rotatable bonds is 0. The lowest BCUT2D eigenvalue weighted by atomic mass is 9.68. The third-order valence-corrected chi connectivity index (χ3v) is 7.82. The molecule has 0 saturated carbocycles. The fourth-order valence-electron chi connectivity index (χ4n) is 5.92. The van der Waals surface area contributed by atoms with Crippen molar-refractivity contribution < 1.29 is 0 Å². The van der Waals surface area contributed by atoms with Crippen molar-refractivity contribution in [1.82, 2.24) is 8.75 Å². The van der Waals surface area contributed by atoms with Crippen molar-refractivity contribution >= 4 is 22.5 Å². The van der Waals surface area contributed by atoms with Crippen LogP contribution in [0.1, 0.15) is 49.9 Å². The summed E-state index contributed by atoms with van der Waals surface area (Å²) < 4.78 is 9.30. The van der Waals surface area contributed by atoms with E-state index in [4.69, 9.17) is 0 Å². The summed E-state index contributed by atoms with van der Waals surface area (Å²) in [5.41, 5.74) is 13.4. The topological polar surface area (TPSA) is 25.8 Å². The van der Waals surface area contributed by atoms with Gasteiger partial charge in [0, 0.05) is 27.3 Å². The van der Waals surface area contributed by atoms with Crippen LogP contribution in [0.15, 0.2) is 36.4 Å². The molecule has 1 aromatic heterocycles. The van der Waals surface area contributed by atoms with Gasteiger partial charge in [-0.3, -0.25) is 0 Å². The average molecular weight is 366 g/mol. The second-order valence-electron chi connectivity index (χ2n) is 9.20. The zero-order valence-electron chi connectivity index (χ0n) is 15.8. The van der Waals surface area contributed by atoms with Crippen molar-refractivity contribution in [2.75, 3.05) is 0 Å². The molecule has 1 heterocycles. The van der Waals surface area contributed by atoms with Gasteiger partial charge in [0.1, 0.15) is 11.4 Å². The van der Waals surface area contributed by atoms with E-state index in [2.05, 4.69) is 72.8 Å². The first-order valence-electron chi connectivity index (χ1n) is 9.54. The zero-order valence-corrected chi connectivity index (χ0v) is 16.6. The molecule has 27 heavy (non-hydrogen) atoms. The molecular weight excluding hydrogens is 348 g/mol. The predicted octanol–water partition coefficient (Wildman–Crippen LogP) is 6.28. The van der Waals surface area contributed by atoms with E-state index >= 15 is 0 Å². The summed E-state index contributed by atoms with van der Waals surface area (Å²) in [4.78, 5) is 0. The molecule has 0 radical (unpaired) electrons. The Morgan fingerprint density at radius 2 is 1.33 bits per heavy atom. The van der Waals surface area contributed by atoms with Gasteiger partial charge in [0.15, 0.2) is 0 Å². The number of hydrogen-bond donors (Lipinski definition) is 0. The minimum Gasteiger partial charge on any atom is -0.172 e. The summed E-state index contributed by atoms with van der Waals surface area (Å²) >= 11 is 1.33. The lowest BCUT2D eigenvalue weighted by Crippen LogP contribution is -2.23. The quantitative estimate of drug-likeness (QED) is 0.322. The molecular formula is C24H18N2S. The smallest absolute Gasteiger partial charge is 0.113 e. The molecule has 0 atom stereocenters. The molecule has 0 spiro atoms. The Bertz CT molecular complexity index is 1370. The second-order valence-corrected chi connectivity index (χ2v) is 9.73. The number of hydrogen-bond acceptors (Lipinski definition) is 3. The maximum Gasteiger partial charge on any atom is 0.113 e. The first-order valence-corrected chi connectivity index (χ1v) is 10.3. The molecule has 3 heteroatoms. The molecule has 3 aliphatic rings. The number of nitrogens with zero attached hydrogens (tertiary/aromatic N) is 2. The molecule has 0 saturated heterocycles. The van der Waals surface area contributed by atoms with Crippen LogP contribution in [0.5, 0.6) is 0 Å². The third kappa shape index (κ3) is 1.32. The summed E-state index contributed by atoms with van der Waals surface area (Å²) in [5.74, 6) is 0. The van der Waals surface area contributed by atoms with Crippen LogP contribution < -0.4 is 0 Å². The van der Waals surface area contributed by atoms with Crippen molar-refractivity contribution in [3.8, 4) is 33.6 Å². The summed E-state index contributed by atoms with van der Waals surface area (Å²) in [6, 6.07) is 13.9. The monoisotopic (exact) mass is 366 g/mol. The van der Waals surface area contributed by atoms with E-state index in [-0.39, 0.29) is 10.8 Å². The predicted molar refractivity (Wildman–Crippen MR) is 112 cm³/mol. The van der Waals surface area contributed by atoms with Crippen molar-refractivity contribution in [3.05, 3.63) is 58.7 Å². The highest BCUT2D eigenvalue weighted by Crippen LogP contribution is 2.62.